The van der Waals surface area contributed by atoms with E-state index in [0.717, 1.165) is 18.8 Å². The van der Waals surface area contributed by atoms with Crippen molar-refractivity contribution in [2.45, 2.75) is 25.7 Å². The minimum absolute atomic E-state index is 0.180. The average molecular weight is 232 g/mol. The number of aromatic amines is 1. The standard InChI is InChI=1S/C13H13FN2O/c14-9-4-5-10-11(7-9)15-12(16-13(10)17)6-3-8-1-2-8/h4-5,7-8H,1-3,6H2,(H,15,16,17). The molecule has 88 valence electrons. The van der Waals surface area contributed by atoms with Crippen molar-refractivity contribution in [3.63, 3.8) is 0 Å². The monoisotopic (exact) mass is 232 g/mol. The van der Waals surface area contributed by atoms with Gasteiger partial charge in [-0.3, -0.25) is 4.79 Å². The molecule has 0 unspecified atom stereocenters. The van der Waals surface area contributed by atoms with Gasteiger partial charge in [0, 0.05) is 12.5 Å². The van der Waals surface area contributed by atoms with Crippen molar-refractivity contribution in [2.75, 3.05) is 0 Å². The molecular weight excluding hydrogens is 219 g/mol. The van der Waals surface area contributed by atoms with Gasteiger partial charge in [-0.05, 0) is 24.5 Å². The zero-order valence-electron chi connectivity index (χ0n) is 9.37. The summed E-state index contributed by atoms with van der Waals surface area (Å²) in [7, 11) is 0. The van der Waals surface area contributed by atoms with E-state index in [1.165, 1.54) is 31.0 Å². The van der Waals surface area contributed by atoms with Gasteiger partial charge in [0.1, 0.15) is 11.6 Å². The van der Waals surface area contributed by atoms with Crippen LogP contribution in [-0.2, 0) is 6.42 Å². The number of benzene rings is 1. The van der Waals surface area contributed by atoms with Gasteiger partial charge in [0.2, 0.25) is 0 Å². The summed E-state index contributed by atoms with van der Waals surface area (Å²) >= 11 is 0. The summed E-state index contributed by atoms with van der Waals surface area (Å²) in [6, 6.07) is 4.06. The maximum Gasteiger partial charge on any atom is 0.258 e. The van der Waals surface area contributed by atoms with Gasteiger partial charge in [-0.2, -0.15) is 0 Å². The highest BCUT2D eigenvalue weighted by Gasteiger charge is 2.21. The van der Waals surface area contributed by atoms with Gasteiger partial charge >= 0.3 is 0 Å². The number of halogens is 1. The average Bonchev–Trinajstić information content (AvgIpc) is 3.09. The smallest absolute Gasteiger partial charge is 0.258 e. The third kappa shape index (κ3) is 2.20. The van der Waals surface area contributed by atoms with Crippen LogP contribution in [-0.4, -0.2) is 9.97 Å². The molecule has 17 heavy (non-hydrogen) atoms. The van der Waals surface area contributed by atoms with E-state index in [4.69, 9.17) is 0 Å². The first-order valence-corrected chi connectivity index (χ1v) is 5.91. The molecule has 0 radical (unpaired) electrons. The van der Waals surface area contributed by atoms with Crippen molar-refractivity contribution in [2.24, 2.45) is 5.92 Å². The second-order valence-corrected chi connectivity index (χ2v) is 4.66. The summed E-state index contributed by atoms with van der Waals surface area (Å²) in [5.41, 5.74) is 0.264. The van der Waals surface area contributed by atoms with Crippen molar-refractivity contribution >= 4 is 10.9 Å². The predicted octanol–water partition coefficient (Wildman–Crippen LogP) is 2.40. The molecule has 0 bridgehead atoms. The third-order valence-corrected chi connectivity index (χ3v) is 3.20. The molecule has 1 aliphatic rings. The Morgan fingerprint density at radius 1 is 1.41 bits per heavy atom. The molecule has 2 aromatic rings. The van der Waals surface area contributed by atoms with E-state index in [-0.39, 0.29) is 11.4 Å². The maximum atomic E-state index is 13.1. The molecule has 1 N–H and O–H groups in total. The van der Waals surface area contributed by atoms with Gasteiger partial charge in [-0.15, -0.1) is 0 Å². The minimum atomic E-state index is -0.358. The Balaban J connectivity index is 1.99. The molecule has 1 saturated carbocycles. The van der Waals surface area contributed by atoms with E-state index in [1.807, 2.05) is 0 Å². The maximum absolute atomic E-state index is 13.1. The molecule has 1 aromatic heterocycles. The molecule has 1 aliphatic carbocycles. The molecule has 1 heterocycles. The highest BCUT2D eigenvalue weighted by atomic mass is 19.1. The van der Waals surface area contributed by atoms with Crippen LogP contribution < -0.4 is 5.56 Å². The molecule has 3 nitrogen and oxygen atoms in total. The fourth-order valence-electron chi connectivity index (χ4n) is 2.03. The molecule has 0 spiro atoms. The minimum Gasteiger partial charge on any atom is -0.310 e. The number of nitrogens with one attached hydrogen (secondary N) is 1. The molecule has 4 heteroatoms. The number of rotatable bonds is 3. The molecule has 1 fully saturated rings. The number of hydrogen-bond acceptors (Lipinski definition) is 2. The Hall–Kier alpha value is -1.71. The molecule has 3 rings (SSSR count). The van der Waals surface area contributed by atoms with Crippen LogP contribution in [0.5, 0.6) is 0 Å². The first kappa shape index (κ1) is 10.4. The second kappa shape index (κ2) is 3.95. The van der Waals surface area contributed by atoms with Gasteiger partial charge in [0.15, 0.2) is 0 Å². The Labute approximate surface area is 97.7 Å². The number of hydrogen-bond donors (Lipinski definition) is 1. The second-order valence-electron chi connectivity index (χ2n) is 4.66. The van der Waals surface area contributed by atoms with E-state index in [1.54, 1.807) is 0 Å². The SMILES string of the molecule is O=c1[nH]c(CCC2CC2)nc2cc(F)ccc12. The van der Waals surface area contributed by atoms with Crippen molar-refractivity contribution in [1.82, 2.24) is 9.97 Å². The van der Waals surface area contributed by atoms with Crippen molar-refractivity contribution in [3.05, 3.63) is 40.2 Å². The van der Waals surface area contributed by atoms with E-state index in [2.05, 4.69) is 9.97 Å². The van der Waals surface area contributed by atoms with Crippen LogP contribution in [0.3, 0.4) is 0 Å². The first-order chi connectivity index (χ1) is 8.22. The van der Waals surface area contributed by atoms with E-state index >= 15 is 0 Å². The van der Waals surface area contributed by atoms with Crippen LogP contribution >= 0.6 is 0 Å². The lowest BCUT2D eigenvalue weighted by atomic mass is 10.2. The van der Waals surface area contributed by atoms with Gasteiger partial charge in [-0.25, -0.2) is 9.37 Å². The van der Waals surface area contributed by atoms with Crippen molar-refractivity contribution in [3.8, 4) is 0 Å². The Morgan fingerprint density at radius 3 is 3.00 bits per heavy atom. The molecule has 0 amide bonds. The summed E-state index contributed by atoms with van der Waals surface area (Å²) in [6.45, 7) is 0. The highest BCUT2D eigenvalue weighted by Crippen LogP contribution is 2.33. The summed E-state index contributed by atoms with van der Waals surface area (Å²) in [5.74, 6) is 1.10. The van der Waals surface area contributed by atoms with Crippen molar-refractivity contribution < 1.29 is 4.39 Å². The highest BCUT2D eigenvalue weighted by molar-refractivity contribution is 5.77. The quantitative estimate of drug-likeness (QED) is 0.883. The van der Waals surface area contributed by atoms with E-state index < -0.39 is 0 Å². The number of aromatic nitrogens is 2. The molecular formula is C13H13FN2O. The largest absolute Gasteiger partial charge is 0.310 e. The van der Waals surface area contributed by atoms with E-state index in [9.17, 15) is 9.18 Å². The van der Waals surface area contributed by atoms with Crippen LogP contribution in [0.1, 0.15) is 25.1 Å². The topological polar surface area (TPSA) is 45.8 Å². The van der Waals surface area contributed by atoms with Crippen LogP contribution in [0.2, 0.25) is 0 Å². The zero-order valence-corrected chi connectivity index (χ0v) is 9.37. The molecule has 0 aliphatic heterocycles. The molecule has 1 aromatic carbocycles. The lowest BCUT2D eigenvalue weighted by Gasteiger charge is -2.02. The Bertz CT molecular complexity index is 616. The Kier molecular flexibility index (Phi) is 2.42. The first-order valence-electron chi connectivity index (χ1n) is 5.91. The number of H-pyrrole nitrogens is 1. The van der Waals surface area contributed by atoms with Gasteiger partial charge in [0.05, 0.1) is 10.9 Å². The van der Waals surface area contributed by atoms with Crippen LogP contribution in [0, 0.1) is 11.7 Å². The zero-order chi connectivity index (χ0) is 11.8. The van der Waals surface area contributed by atoms with Crippen LogP contribution in [0.15, 0.2) is 23.0 Å². The number of aryl methyl sites for hydroxylation is 1. The fourth-order valence-corrected chi connectivity index (χ4v) is 2.03. The number of fused-ring (bicyclic) bond motifs is 1. The lowest BCUT2D eigenvalue weighted by Crippen LogP contribution is -2.12. The van der Waals surface area contributed by atoms with Gasteiger partial charge in [-0.1, -0.05) is 12.8 Å². The van der Waals surface area contributed by atoms with Gasteiger partial charge in [0.25, 0.3) is 5.56 Å². The van der Waals surface area contributed by atoms with Crippen LogP contribution in [0.25, 0.3) is 10.9 Å². The molecule has 0 saturated heterocycles. The lowest BCUT2D eigenvalue weighted by molar-refractivity contribution is 0.629. The summed E-state index contributed by atoms with van der Waals surface area (Å²) in [5, 5.41) is 0.446. The van der Waals surface area contributed by atoms with Gasteiger partial charge < -0.3 is 4.98 Å². The number of nitrogens with zero attached hydrogens (tertiary/aromatic N) is 1. The summed E-state index contributed by atoms with van der Waals surface area (Å²) < 4.78 is 13.1. The third-order valence-electron chi connectivity index (χ3n) is 3.20. The summed E-state index contributed by atoms with van der Waals surface area (Å²) in [6.07, 6.45) is 4.40. The van der Waals surface area contributed by atoms with Crippen molar-refractivity contribution in [1.29, 1.82) is 0 Å². The Morgan fingerprint density at radius 2 is 2.24 bits per heavy atom. The van der Waals surface area contributed by atoms with Crippen LogP contribution in [0.4, 0.5) is 4.39 Å². The normalized spacial score (nSPS) is 15.4. The summed E-state index contributed by atoms with van der Waals surface area (Å²) in [4.78, 5) is 18.8. The predicted molar refractivity (Wildman–Crippen MR) is 63.4 cm³/mol. The molecule has 0 atom stereocenters. The fraction of sp³-hybridized carbons (Fsp3) is 0.385. The van der Waals surface area contributed by atoms with E-state index in [0.29, 0.717) is 16.7 Å².